The van der Waals surface area contributed by atoms with Gasteiger partial charge in [0.25, 0.3) is 11.1 Å². The summed E-state index contributed by atoms with van der Waals surface area (Å²) in [5, 5.41) is 2.06. The summed E-state index contributed by atoms with van der Waals surface area (Å²) in [6.45, 7) is 4.24. The lowest BCUT2D eigenvalue weighted by Crippen LogP contribution is -2.22. The van der Waals surface area contributed by atoms with Crippen molar-refractivity contribution in [3.8, 4) is 11.5 Å². The molecule has 5 nitrogen and oxygen atoms in total. The lowest BCUT2D eigenvalue weighted by Gasteiger charge is -2.16. The van der Waals surface area contributed by atoms with Crippen LogP contribution in [0.3, 0.4) is 0 Å². The smallest absolute Gasteiger partial charge is 0.293 e. The molecule has 3 aromatic rings. The minimum Gasteiger partial charge on any atom is -0.493 e. The van der Waals surface area contributed by atoms with Crippen molar-refractivity contribution in [2.45, 2.75) is 13.0 Å². The molecule has 0 aliphatic carbocycles. The molecule has 1 aliphatic rings. The zero-order valence-electron chi connectivity index (χ0n) is 18.0. The Morgan fingerprint density at radius 1 is 1.06 bits per heavy atom. The number of allylic oxidation sites excluding steroid dienone is 1. The maximum absolute atomic E-state index is 12.2. The van der Waals surface area contributed by atoms with Gasteiger partial charge in [-0.05, 0) is 64.4 Å². The molecule has 1 heterocycles. The first-order valence-corrected chi connectivity index (χ1v) is 11.0. The number of rotatable bonds is 7. The second-order valence-electron chi connectivity index (χ2n) is 7.42. The number of fused-ring (bicyclic) bond motifs is 1. The summed E-state index contributed by atoms with van der Waals surface area (Å²) in [6, 6.07) is 18.2. The van der Waals surface area contributed by atoms with Gasteiger partial charge in [-0.25, -0.2) is 0 Å². The van der Waals surface area contributed by atoms with E-state index in [0.717, 1.165) is 38.7 Å². The summed E-state index contributed by atoms with van der Waals surface area (Å²) < 4.78 is 11.8. The standard InChI is InChI=1S/C26H23NO4S/c1-4-7-21-13-18(15-23-25(28)27(2)26(29)32-23)14-22(30-3)24(21)31-16-17-10-11-19-8-5-6-9-20(19)12-17/h4-6,8-15H,1,7,16H2,2-3H3/b23-15-. The van der Waals surface area contributed by atoms with Crippen LogP contribution in [0.15, 0.2) is 72.2 Å². The van der Waals surface area contributed by atoms with Crippen molar-refractivity contribution in [3.63, 3.8) is 0 Å². The van der Waals surface area contributed by atoms with E-state index in [1.54, 1.807) is 19.3 Å². The van der Waals surface area contributed by atoms with E-state index in [4.69, 9.17) is 9.47 Å². The van der Waals surface area contributed by atoms with E-state index in [0.29, 0.717) is 29.4 Å². The van der Waals surface area contributed by atoms with Crippen LogP contribution in [0.1, 0.15) is 16.7 Å². The molecule has 0 radical (unpaired) electrons. The number of hydrogen-bond acceptors (Lipinski definition) is 5. The lowest BCUT2D eigenvalue weighted by molar-refractivity contribution is -0.121. The molecule has 0 saturated carbocycles. The first-order valence-electron chi connectivity index (χ1n) is 10.1. The molecule has 6 heteroatoms. The van der Waals surface area contributed by atoms with Crippen LogP contribution in [0, 0.1) is 0 Å². The van der Waals surface area contributed by atoms with E-state index >= 15 is 0 Å². The van der Waals surface area contributed by atoms with Crippen LogP contribution < -0.4 is 9.47 Å². The molecule has 0 atom stereocenters. The SMILES string of the molecule is C=CCc1cc(/C=C2\SC(=O)N(C)C2=O)cc(OC)c1OCc1ccc2ccccc2c1. The summed E-state index contributed by atoms with van der Waals surface area (Å²) in [5.74, 6) is 0.897. The molecule has 162 valence electrons. The molecule has 0 spiro atoms. The van der Waals surface area contributed by atoms with Crippen LogP contribution in [0.25, 0.3) is 16.8 Å². The highest BCUT2D eigenvalue weighted by Gasteiger charge is 2.31. The number of methoxy groups -OCH3 is 1. The number of hydrogen-bond donors (Lipinski definition) is 0. The van der Waals surface area contributed by atoms with Crippen molar-refractivity contribution in [3.05, 3.63) is 88.8 Å². The Hall–Kier alpha value is -3.51. The fourth-order valence-electron chi connectivity index (χ4n) is 3.57. The van der Waals surface area contributed by atoms with Crippen molar-refractivity contribution < 1.29 is 19.1 Å². The summed E-state index contributed by atoms with van der Waals surface area (Å²) in [4.78, 5) is 25.5. The molecule has 1 aliphatic heterocycles. The molecule has 1 saturated heterocycles. The highest BCUT2D eigenvalue weighted by atomic mass is 32.2. The molecule has 32 heavy (non-hydrogen) atoms. The van der Waals surface area contributed by atoms with Crippen LogP contribution in [0.4, 0.5) is 4.79 Å². The first kappa shape index (κ1) is 21.7. The fraction of sp³-hybridized carbons (Fsp3) is 0.154. The molecule has 0 bridgehead atoms. The van der Waals surface area contributed by atoms with Gasteiger partial charge in [-0.3, -0.25) is 14.5 Å². The number of ether oxygens (including phenoxy) is 2. The van der Waals surface area contributed by atoms with Gasteiger partial charge in [-0.2, -0.15) is 0 Å². The predicted molar refractivity (Wildman–Crippen MR) is 129 cm³/mol. The van der Waals surface area contributed by atoms with Gasteiger partial charge in [-0.15, -0.1) is 6.58 Å². The van der Waals surface area contributed by atoms with Crippen molar-refractivity contribution >= 4 is 39.8 Å². The Kier molecular flexibility index (Phi) is 6.32. The number of carbonyl (C=O) groups excluding carboxylic acids is 2. The summed E-state index contributed by atoms with van der Waals surface area (Å²) in [5.41, 5.74) is 2.70. The minimum atomic E-state index is -0.305. The Bertz CT molecular complexity index is 1250. The van der Waals surface area contributed by atoms with Crippen molar-refractivity contribution in [2.24, 2.45) is 0 Å². The van der Waals surface area contributed by atoms with Gasteiger partial charge < -0.3 is 9.47 Å². The second kappa shape index (κ2) is 9.32. The highest BCUT2D eigenvalue weighted by molar-refractivity contribution is 8.18. The number of thioether (sulfide) groups is 1. The van der Waals surface area contributed by atoms with Crippen LogP contribution in [0.2, 0.25) is 0 Å². The first-order chi connectivity index (χ1) is 15.5. The van der Waals surface area contributed by atoms with Crippen molar-refractivity contribution in [1.29, 1.82) is 0 Å². The summed E-state index contributed by atoms with van der Waals surface area (Å²) in [6.07, 6.45) is 4.07. The molecule has 4 rings (SSSR count). The molecule has 0 unspecified atom stereocenters. The fourth-order valence-corrected chi connectivity index (χ4v) is 4.40. The number of benzene rings is 3. The Labute approximate surface area is 191 Å². The average Bonchev–Trinajstić information content (AvgIpc) is 3.04. The third-order valence-electron chi connectivity index (χ3n) is 5.22. The molecule has 3 aromatic carbocycles. The van der Waals surface area contributed by atoms with Crippen LogP contribution >= 0.6 is 11.8 Å². The van der Waals surface area contributed by atoms with Crippen molar-refractivity contribution in [2.75, 3.05) is 14.2 Å². The Morgan fingerprint density at radius 2 is 1.84 bits per heavy atom. The molecule has 1 fully saturated rings. The zero-order chi connectivity index (χ0) is 22.7. The van der Waals surface area contributed by atoms with E-state index in [1.165, 1.54) is 12.4 Å². The maximum Gasteiger partial charge on any atom is 0.293 e. The number of imide groups is 1. The van der Waals surface area contributed by atoms with Gasteiger partial charge >= 0.3 is 0 Å². The van der Waals surface area contributed by atoms with Crippen LogP contribution in [-0.2, 0) is 17.8 Å². The van der Waals surface area contributed by atoms with Gasteiger partial charge in [0.05, 0.1) is 12.0 Å². The molecule has 2 amide bonds. The van der Waals surface area contributed by atoms with Crippen LogP contribution in [0.5, 0.6) is 11.5 Å². The Balaban J connectivity index is 1.64. The largest absolute Gasteiger partial charge is 0.493 e. The van der Waals surface area contributed by atoms with Gasteiger partial charge in [0, 0.05) is 12.6 Å². The second-order valence-corrected chi connectivity index (χ2v) is 8.41. The van der Waals surface area contributed by atoms with E-state index in [1.807, 2.05) is 24.3 Å². The monoisotopic (exact) mass is 445 g/mol. The van der Waals surface area contributed by atoms with E-state index in [9.17, 15) is 9.59 Å². The van der Waals surface area contributed by atoms with Crippen LogP contribution in [-0.4, -0.2) is 30.2 Å². The van der Waals surface area contributed by atoms with E-state index in [-0.39, 0.29) is 11.1 Å². The number of nitrogens with zero attached hydrogens (tertiary/aromatic N) is 1. The quantitative estimate of drug-likeness (QED) is 0.339. The number of amides is 2. The van der Waals surface area contributed by atoms with Gasteiger partial charge in [-0.1, -0.05) is 42.5 Å². The van der Waals surface area contributed by atoms with E-state index < -0.39 is 0 Å². The molecular weight excluding hydrogens is 422 g/mol. The average molecular weight is 446 g/mol. The molecule has 0 aromatic heterocycles. The number of carbonyl (C=O) groups is 2. The minimum absolute atomic E-state index is 0.283. The lowest BCUT2D eigenvalue weighted by atomic mass is 10.0. The normalized spacial score (nSPS) is 14.9. The highest BCUT2D eigenvalue weighted by Crippen LogP contribution is 2.37. The van der Waals surface area contributed by atoms with Gasteiger partial charge in [0.2, 0.25) is 0 Å². The zero-order valence-corrected chi connectivity index (χ0v) is 18.8. The Morgan fingerprint density at radius 3 is 2.53 bits per heavy atom. The van der Waals surface area contributed by atoms with Gasteiger partial charge in [0.1, 0.15) is 6.61 Å². The summed E-state index contributed by atoms with van der Waals surface area (Å²) in [7, 11) is 3.06. The van der Waals surface area contributed by atoms with Gasteiger partial charge in [0.15, 0.2) is 11.5 Å². The number of likely N-dealkylation sites (N-methyl/N-ethyl adjacent to an activating group) is 1. The molecular formula is C26H23NO4S. The predicted octanol–water partition coefficient (Wildman–Crippen LogP) is 5.82. The topological polar surface area (TPSA) is 55.8 Å². The summed E-state index contributed by atoms with van der Waals surface area (Å²) >= 11 is 0.928. The molecule has 0 N–H and O–H groups in total. The maximum atomic E-state index is 12.2. The van der Waals surface area contributed by atoms with Crippen molar-refractivity contribution in [1.82, 2.24) is 4.90 Å². The van der Waals surface area contributed by atoms with E-state index in [2.05, 4.69) is 36.9 Å². The third kappa shape index (κ3) is 4.41. The third-order valence-corrected chi connectivity index (χ3v) is 6.18.